The lowest BCUT2D eigenvalue weighted by molar-refractivity contribution is 1.21. The van der Waals surface area contributed by atoms with Crippen molar-refractivity contribution >= 4 is 34.8 Å². The summed E-state index contributed by atoms with van der Waals surface area (Å²) < 4.78 is 0. The summed E-state index contributed by atoms with van der Waals surface area (Å²) in [7, 11) is 0. The van der Waals surface area contributed by atoms with Crippen LogP contribution in [0.4, 0.5) is 0 Å². The predicted octanol–water partition coefficient (Wildman–Crippen LogP) is 4.77. The lowest BCUT2D eigenvalue weighted by Crippen LogP contribution is -1.90. The van der Waals surface area contributed by atoms with Crippen LogP contribution in [0.1, 0.15) is 5.56 Å². The highest BCUT2D eigenvalue weighted by atomic mass is 35.5. The molecule has 2 rings (SSSR count). The first-order chi connectivity index (χ1) is 8.60. The molecule has 1 aromatic carbocycles. The third kappa shape index (κ3) is 2.94. The van der Waals surface area contributed by atoms with Crippen LogP contribution in [0, 0.1) is 11.3 Å². The van der Waals surface area contributed by atoms with Gasteiger partial charge in [-0.1, -0.05) is 34.8 Å². The predicted molar refractivity (Wildman–Crippen MR) is 74.0 cm³/mol. The van der Waals surface area contributed by atoms with Gasteiger partial charge in [0.2, 0.25) is 0 Å². The van der Waals surface area contributed by atoms with Crippen molar-refractivity contribution < 1.29 is 0 Å². The van der Waals surface area contributed by atoms with Crippen molar-refractivity contribution in [1.82, 2.24) is 4.98 Å². The van der Waals surface area contributed by atoms with Gasteiger partial charge in [-0.2, -0.15) is 5.26 Å². The van der Waals surface area contributed by atoms with Crippen molar-refractivity contribution in [2.45, 2.75) is 6.42 Å². The zero-order valence-electron chi connectivity index (χ0n) is 9.12. The molecule has 2 aromatic rings. The van der Waals surface area contributed by atoms with E-state index in [4.69, 9.17) is 40.1 Å². The Morgan fingerprint density at radius 1 is 1.11 bits per heavy atom. The Kier molecular flexibility index (Phi) is 4.08. The van der Waals surface area contributed by atoms with Crippen LogP contribution in [-0.4, -0.2) is 4.98 Å². The van der Waals surface area contributed by atoms with Crippen LogP contribution in [0.5, 0.6) is 0 Å². The first kappa shape index (κ1) is 13.2. The summed E-state index contributed by atoms with van der Waals surface area (Å²) in [5.41, 5.74) is 2.11. The van der Waals surface area contributed by atoms with Gasteiger partial charge in [-0.3, -0.25) is 0 Å². The van der Waals surface area contributed by atoms with Crippen LogP contribution >= 0.6 is 34.8 Å². The van der Waals surface area contributed by atoms with Crippen molar-refractivity contribution in [3.05, 3.63) is 51.1 Å². The van der Waals surface area contributed by atoms with Crippen LogP contribution in [0.25, 0.3) is 11.3 Å². The number of nitrogens with zero attached hydrogens (tertiary/aromatic N) is 2. The summed E-state index contributed by atoms with van der Waals surface area (Å²) in [4.78, 5) is 4.20. The normalized spacial score (nSPS) is 10.1. The molecular formula is C13H7Cl3N2. The van der Waals surface area contributed by atoms with Gasteiger partial charge in [-0.15, -0.1) is 0 Å². The van der Waals surface area contributed by atoms with Gasteiger partial charge in [-0.25, -0.2) is 4.98 Å². The van der Waals surface area contributed by atoms with E-state index in [9.17, 15) is 0 Å². The fourth-order valence-electron chi connectivity index (χ4n) is 1.57. The number of benzene rings is 1. The first-order valence-corrected chi connectivity index (χ1v) is 6.22. The topological polar surface area (TPSA) is 36.7 Å². The standard InChI is InChI=1S/C13H7Cl3N2/c14-9-1-2-11(15)10(7-9)12-5-8(3-4-17)6-13(16)18-12/h1-2,5-7H,3H2. The molecule has 1 aromatic heterocycles. The van der Waals surface area contributed by atoms with Crippen molar-refractivity contribution in [1.29, 1.82) is 5.26 Å². The number of pyridine rings is 1. The lowest BCUT2D eigenvalue weighted by Gasteiger charge is -2.06. The van der Waals surface area contributed by atoms with Gasteiger partial charge in [-0.05, 0) is 35.9 Å². The van der Waals surface area contributed by atoms with Gasteiger partial charge in [0.25, 0.3) is 0 Å². The number of aromatic nitrogens is 1. The Hall–Kier alpha value is -1.27. The van der Waals surface area contributed by atoms with Crippen molar-refractivity contribution in [3.63, 3.8) is 0 Å². The molecule has 0 fully saturated rings. The molecule has 1 heterocycles. The van der Waals surface area contributed by atoms with Gasteiger partial charge < -0.3 is 0 Å². The zero-order chi connectivity index (χ0) is 13.1. The van der Waals surface area contributed by atoms with Gasteiger partial charge in [0.1, 0.15) is 5.15 Å². The molecule has 0 atom stereocenters. The summed E-state index contributed by atoms with van der Waals surface area (Å²) in [6.45, 7) is 0. The fraction of sp³-hybridized carbons (Fsp3) is 0.0769. The van der Waals surface area contributed by atoms with Gasteiger partial charge >= 0.3 is 0 Å². The summed E-state index contributed by atoms with van der Waals surface area (Å²) in [5, 5.41) is 10.1. The van der Waals surface area contributed by atoms with E-state index < -0.39 is 0 Å². The van der Waals surface area contributed by atoms with E-state index >= 15 is 0 Å². The Morgan fingerprint density at radius 2 is 1.89 bits per heavy atom. The van der Waals surface area contributed by atoms with Crippen LogP contribution in [0.15, 0.2) is 30.3 Å². The van der Waals surface area contributed by atoms with E-state index in [0.29, 0.717) is 26.5 Å². The van der Waals surface area contributed by atoms with E-state index in [1.165, 1.54) is 0 Å². The van der Waals surface area contributed by atoms with E-state index in [2.05, 4.69) is 11.1 Å². The monoisotopic (exact) mass is 296 g/mol. The summed E-state index contributed by atoms with van der Waals surface area (Å²) in [6, 6.07) is 10.6. The maximum absolute atomic E-state index is 8.71. The molecule has 0 aliphatic rings. The van der Waals surface area contributed by atoms with Crippen LogP contribution in [0.3, 0.4) is 0 Å². The molecule has 5 heteroatoms. The second kappa shape index (κ2) is 5.58. The van der Waals surface area contributed by atoms with Crippen LogP contribution in [0.2, 0.25) is 15.2 Å². The average Bonchev–Trinajstić information content (AvgIpc) is 2.32. The Morgan fingerprint density at radius 3 is 2.61 bits per heavy atom. The highest BCUT2D eigenvalue weighted by molar-refractivity contribution is 6.35. The minimum atomic E-state index is 0.271. The van der Waals surface area contributed by atoms with E-state index in [0.717, 1.165) is 5.56 Å². The second-order valence-corrected chi connectivity index (χ2v) is 4.87. The third-order valence-electron chi connectivity index (χ3n) is 2.34. The van der Waals surface area contributed by atoms with E-state index in [1.807, 2.05) is 0 Å². The van der Waals surface area contributed by atoms with Gasteiger partial charge in [0.05, 0.1) is 23.2 Å². The largest absolute Gasteiger partial charge is 0.236 e. The maximum Gasteiger partial charge on any atom is 0.130 e. The molecule has 0 amide bonds. The molecule has 0 bridgehead atoms. The van der Waals surface area contributed by atoms with Crippen molar-refractivity contribution in [2.24, 2.45) is 0 Å². The Bertz CT molecular complexity index is 633. The number of rotatable bonds is 2. The molecule has 0 saturated carbocycles. The van der Waals surface area contributed by atoms with Crippen LogP contribution < -0.4 is 0 Å². The van der Waals surface area contributed by atoms with E-state index in [-0.39, 0.29) is 6.42 Å². The number of hydrogen-bond donors (Lipinski definition) is 0. The molecule has 0 radical (unpaired) electrons. The number of halogens is 3. The molecule has 2 nitrogen and oxygen atoms in total. The summed E-state index contributed by atoms with van der Waals surface area (Å²) in [6.07, 6.45) is 0.271. The maximum atomic E-state index is 8.71. The van der Waals surface area contributed by atoms with Crippen LogP contribution in [-0.2, 0) is 6.42 Å². The molecular weight excluding hydrogens is 291 g/mol. The van der Waals surface area contributed by atoms with Crippen molar-refractivity contribution in [2.75, 3.05) is 0 Å². The third-order valence-corrected chi connectivity index (χ3v) is 3.10. The highest BCUT2D eigenvalue weighted by Gasteiger charge is 2.08. The molecule has 0 aliphatic carbocycles. The zero-order valence-corrected chi connectivity index (χ0v) is 11.4. The summed E-state index contributed by atoms with van der Waals surface area (Å²) in [5.74, 6) is 0. The first-order valence-electron chi connectivity index (χ1n) is 5.09. The molecule has 0 aliphatic heterocycles. The molecule has 0 N–H and O–H groups in total. The molecule has 18 heavy (non-hydrogen) atoms. The Labute approximate surface area is 120 Å². The fourth-order valence-corrected chi connectivity index (χ4v) is 2.19. The minimum absolute atomic E-state index is 0.271. The molecule has 0 unspecified atom stereocenters. The quantitative estimate of drug-likeness (QED) is 0.748. The number of nitriles is 1. The van der Waals surface area contributed by atoms with E-state index in [1.54, 1.807) is 30.3 Å². The molecule has 90 valence electrons. The molecule has 0 saturated heterocycles. The van der Waals surface area contributed by atoms with Gasteiger partial charge in [0, 0.05) is 10.6 Å². The second-order valence-electron chi connectivity index (χ2n) is 3.64. The number of hydrogen-bond acceptors (Lipinski definition) is 2. The SMILES string of the molecule is N#CCc1cc(Cl)nc(-c2cc(Cl)ccc2Cl)c1. The van der Waals surface area contributed by atoms with Crippen molar-refractivity contribution in [3.8, 4) is 17.3 Å². The van der Waals surface area contributed by atoms with Gasteiger partial charge in [0.15, 0.2) is 0 Å². The smallest absolute Gasteiger partial charge is 0.130 e. The highest BCUT2D eigenvalue weighted by Crippen LogP contribution is 2.30. The Balaban J connectivity index is 2.56. The average molecular weight is 298 g/mol. The lowest BCUT2D eigenvalue weighted by atomic mass is 10.1. The summed E-state index contributed by atoms with van der Waals surface area (Å²) >= 11 is 18.0. The minimum Gasteiger partial charge on any atom is -0.236 e. The molecule has 0 spiro atoms.